The number of aromatic amines is 1. The number of hydrogen-bond donors (Lipinski definition) is 2. The molecule has 2 N–H and O–H groups in total. The van der Waals surface area contributed by atoms with Crippen molar-refractivity contribution < 1.29 is 9.53 Å². The summed E-state index contributed by atoms with van der Waals surface area (Å²) >= 11 is 0. The van der Waals surface area contributed by atoms with Gasteiger partial charge in [0.25, 0.3) is 5.56 Å². The first-order valence-electron chi connectivity index (χ1n) is 10.3. The summed E-state index contributed by atoms with van der Waals surface area (Å²) in [5.41, 5.74) is 2.21. The molecule has 0 bridgehead atoms. The Morgan fingerprint density at radius 2 is 2.00 bits per heavy atom. The lowest BCUT2D eigenvalue weighted by Crippen LogP contribution is -2.49. The van der Waals surface area contributed by atoms with E-state index in [-0.39, 0.29) is 17.5 Å². The molecular weight excluding hydrogens is 384 g/mol. The monoisotopic (exact) mass is 414 g/mol. The first-order valence-corrected chi connectivity index (χ1v) is 10.3. The van der Waals surface area contributed by atoms with Crippen molar-refractivity contribution in [3.63, 3.8) is 0 Å². The molecule has 9 heteroatoms. The van der Waals surface area contributed by atoms with E-state index in [0.29, 0.717) is 44.0 Å². The van der Waals surface area contributed by atoms with E-state index in [1.807, 2.05) is 31.0 Å². The van der Waals surface area contributed by atoms with Crippen molar-refractivity contribution in [1.82, 2.24) is 20.1 Å². The van der Waals surface area contributed by atoms with Crippen LogP contribution in [0.25, 0.3) is 0 Å². The Bertz CT molecular complexity index is 890. The molecule has 0 unspecified atom stereocenters. The Labute approximate surface area is 176 Å². The summed E-state index contributed by atoms with van der Waals surface area (Å²) in [5, 5.41) is 9.41. The number of piperazine rings is 1. The van der Waals surface area contributed by atoms with Crippen molar-refractivity contribution >= 4 is 17.4 Å². The number of nitrogens with one attached hydrogen (secondary N) is 2. The average molecular weight is 415 g/mol. The van der Waals surface area contributed by atoms with Gasteiger partial charge in [0, 0.05) is 44.0 Å². The SMILES string of the molecule is Cc1ccc(N2CCN(C(=O)CCOC[C@H](C)Nc3cn[nH]c(=O)c3C)CC2)nc1. The minimum absolute atomic E-state index is 0.00652. The van der Waals surface area contributed by atoms with Gasteiger partial charge in [0.1, 0.15) is 5.82 Å². The van der Waals surface area contributed by atoms with Crippen LogP contribution < -0.4 is 15.8 Å². The van der Waals surface area contributed by atoms with Crippen molar-refractivity contribution in [2.45, 2.75) is 33.2 Å². The van der Waals surface area contributed by atoms with Gasteiger partial charge in [0.2, 0.25) is 5.91 Å². The molecule has 2 aromatic rings. The van der Waals surface area contributed by atoms with E-state index in [0.717, 1.165) is 24.5 Å². The van der Waals surface area contributed by atoms with Gasteiger partial charge < -0.3 is 19.9 Å². The van der Waals surface area contributed by atoms with E-state index in [1.165, 1.54) is 0 Å². The fraction of sp³-hybridized carbons (Fsp3) is 0.524. The third kappa shape index (κ3) is 5.79. The fourth-order valence-corrected chi connectivity index (χ4v) is 3.32. The Hall–Kier alpha value is -2.94. The third-order valence-corrected chi connectivity index (χ3v) is 5.19. The zero-order valence-electron chi connectivity index (χ0n) is 17.9. The van der Waals surface area contributed by atoms with Gasteiger partial charge in [0.15, 0.2) is 0 Å². The zero-order chi connectivity index (χ0) is 21.5. The van der Waals surface area contributed by atoms with E-state index in [9.17, 15) is 9.59 Å². The lowest BCUT2D eigenvalue weighted by Gasteiger charge is -2.35. The molecular formula is C21H30N6O3. The van der Waals surface area contributed by atoms with Crippen LogP contribution in [0.5, 0.6) is 0 Å². The molecule has 0 aromatic carbocycles. The van der Waals surface area contributed by atoms with Crippen LogP contribution in [0.3, 0.4) is 0 Å². The minimum atomic E-state index is -0.211. The molecule has 30 heavy (non-hydrogen) atoms. The van der Waals surface area contributed by atoms with Gasteiger partial charge in [-0.2, -0.15) is 5.10 Å². The number of carbonyl (C=O) groups is 1. The number of ether oxygens (including phenoxy) is 1. The molecule has 162 valence electrons. The highest BCUT2D eigenvalue weighted by atomic mass is 16.5. The van der Waals surface area contributed by atoms with Crippen LogP contribution in [0, 0.1) is 13.8 Å². The van der Waals surface area contributed by atoms with Crippen molar-refractivity contribution in [3.8, 4) is 0 Å². The molecule has 1 saturated heterocycles. The molecule has 1 aliphatic rings. The Balaban J connectivity index is 1.34. The van der Waals surface area contributed by atoms with Crippen LogP contribution in [0.4, 0.5) is 11.5 Å². The highest BCUT2D eigenvalue weighted by Gasteiger charge is 2.21. The Kier molecular flexibility index (Phi) is 7.40. The number of hydrogen-bond acceptors (Lipinski definition) is 7. The summed E-state index contributed by atoms with van der Waals surface area (Å²) in [4.78, 5) is 32.6. The maximum absolute atomic E-state index is 12.5. The Morgan fingerprint density at radius 1 is 1.23 bits per heavy atom. The zero-order valence-corrected chi connectivity index (χ0v) is 17.9. The number of aryl methyl sites for hydroxylation is 1. The molecule has 2 aromatic heterocycles. The van der Waals surface area contributed by atoms with Gasteiger partial charge >= 0.3 is 0 Å². The Morgan fingerprint density at radius 3 is 2.70 bits per heavy atom. The van der Waals surface area contributed by atoms with E-state index < -0.39 is 0 Å². The van der Waals surface area contributed by atoms with Gasteiger partial charge in [-0.3, -0.25) is 9.59 Å². The molecule has 3 heterocycles. The van der Waals surface area contributed by atoms with Crippen LogP contribution in [0.2, 0.25) is 0 Å². The number of carbonyl (C=O) groups excluding carboxylic acids is 1. The number of amides is 1. The molecule has 1 aliphatic heterocycles. The van der Waals surface area contributed by atoms with Crippen LogP contribution >= 0.6 is 0 Å². The van der Waals surface area contributed by atoms with Crippen molar-refractivity contribution in [2.24, 2.45) is 0 Å². The second-order valence-corrected chi connectivity index (χ2v) is 7.67. The second-order valence-electron chi connectivity index (χ2n) is 7.67. The topological polar surface area (TPSA) is 103 Å². The van der Waals surface area contributed by atoms with Gasteiger partial charge in [-0.05, 0) is 32.4 Å². The van der Waals surface area contributed by atoms with Crippen LogP contribution in [-0.2, 0) is 9.53 Å². The second kappa shape index (κ2) is 10.2. The van der Waals surface area contributed by atoms with E-state index in [2.05, 4.69) is 31.5 Å². The number of H-pyrrole nitrogens is 1. The van der Waals surface area contributed by atoms with Gasteiger partial charge in [0.05, 0.1) is 31.5 Å². The number of anilines is 2. The van der Waals surface area contributed by atoms with Crippen LogP contribution in [0.1, 0.15) is 24.5 Å². The summed E-state index contributed by atoms with van der Waals surface area (Å²) in [6.07, 6.45) is 3.82. The molecule has 0 radical (unpaired) electrons. The van der Waals surface area contributed by atoms with Gasteiger partial charge in [-0.15, -0.1) is 0 Å². The summed E-state index contributed by atoms with van der Waals surface area (Å²) in [5.74, 6) is 1.07. The molecule has 1 amide bonds. The average Bonchev–Trinajstić information content (AvgIpc) is 2.75. The fourth-order valence-electron chi connectivity index (χ4n) is 3.32. The normalized spacial score (nSPS) is 15.2. The molecule has 0 spiro atoms. The number of aromatic nitrogens is 3. The largest absolute Gasteiger partial charge is 0.379 e. The number of pyridine rings is 1. The number of rotatable bonds is 8. The van der Waals surface area contributed by atoms with Crippen LogP contribution in [0.15, 0.2) is 29.3 Å². The predicted octanol–water partition coefficient (Wildman–Crippen LogP) is 1.34. The van der Waals surface area contributed by atoms with Crippen molar-refractivity contribution in [2.75, 3.05) is 49.6 Å². The maximum atomic E-state index is 12.5. The molecule has 1 atom stereocenters. The maximum Gasteiger partial charge on any atom is 0.269 e. The molecule has 1 fully saturated rings. The number of nitrogens with zero attached hydrogens (tertiary/aromatic N) is 4. The van der Waals surface area contributed by atoms with E-state index in [1.54, 1.807) is 13.1 Å². The van der Waals surface area contributed by atoms with Gasteiger partial charge in [-0.1, -0.05) is 6.07 Å². The molecule has 3 rings (SSSR count). The first-order chi connectivity index (χ1) is 14.4. The molecule has 9 nitrogen and oxygen atoms in total. The van der Waals surface area contributed by atoms with E-state index >= 15 is 0 Å². The van der Waals surface area contributed by atoms with E-state index in [4.69, 9.17) is 4.74 Å². The summed E-state index contributed by atoms with van der Waals surface area (Å²) in [6, 6.07) is 4.08. The highest BCUT2D eigenvalue weighted by molar-refractivity contribution is 5.76. The predicted molar refractivity (Wildman–Crippen MR) is 116 cm³/mol. The lowest BCUT2D eigenvalue weighted by molar-refractivity contribution is -0.132. The minimum Gasteiger partial charge on any atom is -0.379 e. The quantitative estimate of drug-likeness (QED) is 0.628. The highest BCUT2D eigenvalue weighted by Crippen LogP contribution is 2.14. The smallest absolute Gasteiger partial charge is 0.269 e. The van der Waals surface area contributed by atoms with Gasteiger partial charge in [-0.25, -0.2) is 10.1 Å². The first kappa shape index (κ1) is 21.8. The van der Waals surface area contributed by atoms with Crippen LogP contribution in [-0.4, -0.2) is 71.4 Å². The summed E-state index contributed by atoms with van der Waals surface area (Å²) in [7, 11) is 0. The van der Waals surface area contributed by atoms with Crippen molar-refractivity contribution in [1.29, 1.82) is 0 Å². The molecule has 0 aliphatic carbocycles. The standard InChI is InChI=1S/C21H30N6O3/c1-15-4-5-19(22-12-15)26-7-9-27(10-8-26)20(28)6-11-30-14-16(2)24-18-13-23-25-21(29)17(18)3/h4-5,12-13,16H,6-11,14H2,1-3H3,(H2,24,25,29)/t16-/m0/s1. The third-order valence-electron chi connectivity index (χ3n) is 5.19. The lowest BCUT2D eigenvalue weighted by atomic mass is 10.2. The summed E-state index contributed by atoms with van der Waals surface area (Å²) < 4.78 is 5.66. The molecule has 0 saturated carbocycles. The summed E-state index contributed by atoms with van der Waals surface area (Å²) in [6.45, 7) is 9.49. The van der Waals surface area contributed by atoms with Crippen molar-refractivity contribution in [3.05, 3.63) is 46.0 Å².